The maximum Gasteiger partial charge on any atom is 0.0175 e. The summed E-state index contributed by atoms with van der Waals surface area (Å²) in [6.45, 7) is 0. The Labute approximate surface area is 138 Å². The van der Waals surface area contributed by atoms with Gasteiger partial charge in [0.15, 0.2) is 0 Å². The summed E-state index contributed by atoms with van der Waals surface area (Å²) in [5, 5.41) is 3.62. The predicted octanol–water partition coefficient (Wildman–Crippen LogP) is 5.19. The molecule has 2 fully saturated rings. The molecule has 2 aliphatic carbocycles. The van der Waals surface area contributed by atoms with E-state index in [2.05, 4.69) is 52.6 Å². The fourth-order valence-corrected chi connectivity index (χ4v) is 4.92. The predicted molar refractivity (Wildman–Crippen MR) is 93.5 cm³/mol. The molecule has 0 aromatic heterocycles. The zero-order valence-corrected chi connectivity index (χ0v) is 14.7. The second kappa shape index (κ2) is 7.28. The van der Waals surface area contributed by atoms with Gasteiger partial charge in [-0.25, -0.2) is 0 Å². The van der Waals surface area contributed by atoms with E-state index in [-0.39, 0.29) is 0 Å². The number of benzene rings is 1. The van der Waals surface area contributed by atoms with Crippen molar-refractivity contribution in [1.29, 1.82) is 0 Å². The van der Waals surface area contributed by atoms with E-state index in [4.69, 9.17) is 0 Å². The van der Waals surface area contributed by atoms with Crippen molar-refractivity contribution >= 4 is 15.9 Å². The van der Waals surface area contributed by atoms with Crippen molar-refractivity contribution in [3.05, 3.63) is 34.3 Å². The summed E-state index contributed by atoms with van der Waals surface area (Å²) >= 11 is 3.53. The van der Waals surface area contributed by atoms with Crippen molar-refractivity contribution in [2.75, 3.05) is 7.05 Å². The first-order chi connectivity index (χ1) is 10.3. The van der Waals surface area contributed by atoms with Gasteiger partial charge in [-0.15, -0.1) is 0 Å². The van der Waals surface area contributed by atoms with Gasteiger partial charge in [0, 0.05) is 10.5 Å². The van der Waals surface area contributed by atoms with E-state index in [0.717, 1.165) is 17.8 Å². The molecule has 2 heteroatoms. The highest BCUT2D eigenvalue weighted by Gasteiger charge is 2.34. The van der Waals surface area contributed by atoms with E-state index in [1.165, 1.54) is 61.4 Å². The third-order valence-corrected chi connectivity index (χ3v) is 6.42. The molecule has 1 nitrogen and oxygen atoms in total. The number of fused-ring (bicyclic) bond motifs is 1. The van der Waals surface area contributed by atoms with Crippen LogP contribution < -0.4 is 5.32 Å². The minimum Gasteiger partial charge on any atom is -0.316 e. The van der Waals surface area contributed by atoms with Crippen LogP contribution in [-0.4, -0.2) is 13.1 Å². The summed E-state index contributed by atoms with van der Waals surface area (Å²) in [6.07, 6.45) is 11.5. The van der Waals surface area contributed by atoms with Crippen LogP contribution in [0.15, 0.2) is 28.7 Å². The van der Waals surface area contributed by atoms with E-state index >= 15 is 0 Å². The molecule has 0 saturated heterocycles. The minimum absolute atomic E-state index is 0.647. The molecule has 4 atom stereocenters. The summed E-state index contributed by atoms with van der Waals surface area (Å²) in [5.41, 5.74) is 1.46. The Morgan fingerprint density at radius 2 is 1.76 bits per heavy atom. The number of halogens is 1. The zero-order valence-electron chi connectivity index (χ0n) is 13.2. The van der Waals surface area contributed by atoms with Gasteiger partial charge in [0.2, 0.25) is 0 Å². The maximum absolute atomic E-state index is 3.62. The van der Waals surface area contributed by atoms with Gasteiger partial charge in [-0.3, -0.25) is 0 Å². The van der Waals surface area contributed by atoms with Gasteiger partial charge in [0.05, 0.1) is 0 Å². The monoisotopic (exact) mass is 349 g/mol. The molecule has 0 bridgehead atoms. The normalized spacial score (nSPS) is 30.7. The second-order valence-corrected chi connectivity index (χ2v) is 8.02. The fraction of sp³-hybridized carbons (Fsp3) is 0.684. The lowest BCUT2D eigenvalue weighted by molar-refractivity contribution is 0.111. The van der Waals surface area contributed by atoms with Gasteiger partial charge in [-0.05, 0) is 68.2 Å². The van der Waals surface area contributed by atoms with Crippen molar-refractivity contribution in [2.45, 2.75) is 57.4 Å². The van der Waals surface area contributed by atoms with Crippen molar-refractivity contribution in [2.24, 2.45) is 17.8 Å². The van der Waals surface area contributed by atoms with Crippen molar-refractivity contribution in [3.8, 4) is 0 Å². The molecule has 3 rings (SSSR count). The molecule has 0 aliphatic heterocycles. The van der Waals surface area contributed by atoms with Gasteiger partial charge in [-0.2, -0.15) is 0 Å². The lowest BCUT2D eigenvalue weighted by Gasteiger charge is -2.42. The van der Waals surface area contributed by atoms with Crippen molar-refractivity contribution in [1.82, 2.24) is 5.32 Å². The Morgan fingerprint density at radius 1 is 1.05 bits per heavy atom. The summed E-state index contributed by atoms with van der Waals surface area (Å²) in [6, 6.07) is 9.51. The van der Waals surface area contributed by atoms with Crippen LogP contribution in [0.5, 0.6) is 0 Å². The SMILES string of the molecule is CNC(Cc1ccc(Br)cc1)C1CCC2CCCCC2C1. The standard InChI is InChI=1S/C19H28BrN/c1-21-19(12-14-6-10-18(20)11-7-14)17-9-8-15-4-2-3-5-16(15)13-17/h6-7,10-11,15-17,19,21H,2-5,8-9,12-13H2,1H3. The van der Waals surface area contributed by atoms with E-state index in [1.54, 1.807) is 0 Å². The van der Waals surface area contributed by atoms with Crippen LogP contribution in [-0.2, 0) is 6.42 Å². The molecule has 116 valence electrons. The van der Waals surface area contributed by atoms with E-state index < -0.39 is 0 Å². The van der Waals surface area contributed by atoms with Crippen LogP contribution >= 0.6 is 15.9 Å². The van der Waals surface area contributed by atoms with Gasteiger partial charge in [-0.1, -0.05) is 53.7 Å². The van der Waals surface area contributed by atoms with E-state index in [1.807, 2.05) is 0 Å². The van der Waals surface area contributed by atoms with Crippen LogP contribution in [0.2, 0.25) is 0 Å². The summed E-state index contributed by atoms with van der Waals surface area (Å²) in [5.74, 6) is 2.96. The molecule has 4 unspecified atom stereocenters. The molecule has 1 aromatic carbocycles. The molecule has 2 saturated carbocycles. The lowest BCUT2D eigenvalue weighted by Crippen LogP contribution is -2.40. The quantitative estimate of drug-likeness (QED) is 0.788. The van der Waals surface area contributed by atoms with Crippen LogP contribution in [0.3, 0.4) is 0 Å². The molecular formula is C19H28BrN. The Hall–Kier alpha value is -0.340. The second-order valence-electron chi connectivity index (χ2n) is 7.10. The number of hydrogen-bond donors (Lipinski definition) is 1. The number of nitrogens with one attached hydrogen (secondary N) is 1. The largest absolute Gasteiger partial charge is 0.316 e. The topological polar surface area (TPSA) is 12.0 Å². The Bertz CT molecular complexity index is 441. The summed E-state index contributed by atoms with van der Waals surface area (Å²) in [4.78, 5) is 0. The molecule has 2 aliphatic rings. The Kier molecular flexibility index (Phi) is 5.39. The molecule has 0 amide bonds. The van der Waals surface area contributed by atoms with Crippen LogP contribution in [0, 0.1) is 17.8 Å². The lowest BCUT2D eigenvalue weighted by atomic mass is 9.65. The van der Waals surface area contributed by atoms with Crippen molar-refractivity contribution < 1.29 is 0 Å². The molecule has 21 heavy (non-hydrogen) atoms. The third kappa shape index (κ3) is 3.90. The average Bonchev–Trinajstić information content (AvgIpc) is 2.54. The van der Waals surface area contributed by atoms with Crippen LogP contribution in [0.25, 0.3) is 0 Å². The summed E-state index contributed by atoms with van der Waals surface area (Å²) in [7, 11) is 2.15. The zero-order chi connectivity index (χ0) is 14.7. The van der Waals surface area contributed by atoms with Crippen molar-refractivity contribution in [3.63, 3.8) is 0 Å². The number of likely N-dealkylation sites (N-methyl/N-ethyl adjacent to an activating group) is 1. The van der Waals surface area contributed by atoms with Gasteiger partial charge < -0.3 is 5.32 Å². The fourth-order valence-electron chi connectivity index (χ4n) is 4.65. The highest BCUT2D eigenvalue weighted by Crippen LogP contribution is 2.43. The summed E-state index contributed by atoms with van der Waals surface area (Å²) < 4.78 is 1.18. The van der Waals surface area contributed by atoms with Gasteiger partial charge in [0.25, 0.3) is 0 Å². The van der Waals surface area contributed by atoms with E-state index in [0.29, 0.717) is 6.04 Å². The first kappa shape index (κ1) is 15.6. The first-order valence-electron chi connectivity index (χ1n) is 8.68. The highest BCUT2D eigenvalue weighted by molar-refractivity contribution is 9.10. The molecule has 0 spiro atoms. The molecule has 0 radical (unpaired) electrons. The smallest absolute Gasteiger partial charge is 0.0175 e. The number of rotatable bonds is 4. The third-order valence-electron chi connectivity index (χ3n) is 5.89. The Balaban J connectivity index is 1.61. The Morgan fingerprint density at radius 3 is 2.48 bits per heavy atom. The highest BCUT2D eigenvalue weighted by atomic mass is 79.9. The minimum atomic E-state index is 0.647. The molecular weight excluding hydrogens is 322 g/mol. The van der Waals surface area contributed by atoms with Crippen LogP contribution in [0.4, 0.5) is 0 Å². The average molecular weight is 350 g/mol. The number of hydrogen-bond acceptors (Lipinski definition) is 1. The molecule has 0 heterocycles. The maximum atomic E-state index is 3.62. The molecule has 1 aromatic rings. The molecule has 1 N–H and O–H groups in total. The van der Waals surface area contributed by atoms with Crippen LogP contribution in [0.1, 0.15) is 50.5 Å². The first-order valence-corrected chi connectivity index (χ1v) is 9.47. The van der Waals surface area contributed by atoms with E-state index in [9.17, 15) is 0 Å². The van der Waals surface area contributed by atoms with Gasteiger partial charge >= 0.3 is 0 Å². The van der Waals surface area contributed by atoms with Gasteiger partial charge in [0.1, 0.15) is 0 Å².